The average molecular weight is 281 g/mol. The molecular formula is C13H19N3O4. The van der Waals surface area contributed by atoms with E-state index in [0.29, 0.717) is 19.1 Å². The van der Waals surface area contributed by atoms with Crippen LogP contribution >= 0.6 is 0 Å². The maximum absolute atomic E-state index is 12.5. The fourth-order valence-electron chi connectivity index (χ4n) is 2.27. The highest BCUT2D eigenvalue weighted by molar-refractivity contribution is 6.02. The number of rotatable bonds is 7. The SMILES string of the molecule is COCCN(C(=O)c1nc[nH]c1C(=O)O)C(C)C1CC1. The number of aromatic carboxylic acids is 1. The Hall–Kier alpha value is -1.89. The van der Waals surface area contributed by atoms with Crippen LogP contribution in [-0.4, -0.2) is 58.2 Å². The first-order chi connectivity index (χ1) is 9.56. The van der Waals surface area contributed by atoms with Crippen molar-refractivity contribution >= 4 is 11.9 Å². The number of aromatic nitrogens is 2. The predicted octanol–water partition coefficient (Wildman–Crippen LogP) is 0.995. The standard InChI is InChI=1S/C13H19N3O4/c1-8(9-3-4-9)16(5-6-20-2)12(17)10-11(13(18)19)15-7-14-10/h7-9H,3-6H2,1-2H3,(H,14,15)(H,18,19). The van der Waals surface area contributed by atoms with Crippen molar-refractivity contribution in [2.75, 3.05) is 20.3 Å². The van der Waals surface area contributed by atoms with Gasteiger partial charge in [-0.05, 0) is 25.7 Å². The molecule has 1 aromatic heterocycles. The molecule has 1 heterocycles. The minimum absolute atomic E-state index is 0.0406. The van der Waals surface area contributed by atoms with E-state index in [1.54, 1.807) is 12.0 Å². The Balaban J connectivity index is 2.20. The lowest BCUT2D eigenvalue weighted by Crippen LogP contribution is -2.42. The molecule has 7 heteroatoms. The first-order valence-corrected chi connectivity index (χ1v) is 6.62. The number of nitrogens with zero attached hydrogens (tertiary/aromatic N) is 2. The number of carboxylic acids is 1. The number of H-pyrrole nitrogens is 1. The van der Waals surface area contributed by atoms with Crippen molar-refractivity contribution in [3.63, 3.8) is 0 Å². The number of carboxylic acid groups (broad SMARTS) is 1. The molecule has 7 nitrogen and oxygen atoms in total. The lowest BCUT2D eigenvalue weighted by atomic mass is 10.1. The van der Waals surface area contributed by atoms with Crippen molar-refractivity contribution < 1.29 is 19.4 Å². The van der Waals surface area contributed by atoms with Gasteiger partial charge in [0.15, 0.2) is 11.4 Å². The van der Waals surface area contributed by atoms with Crippen molar-refractivity contribution in [3.05, 3.63) is 17.7 Å². The van der Waals surface area contributed by atoms with E-state index < -0.39 is 5.97 Å². The summed E-state index contributed by atoms with van der Waals surface area (Å²) < 4.78 is 5.03. The fraction of sp³-hybridized carbons (Fsp3) is 0.615. The molecule has 1 atom stereocenters. The Morgan fingerprint density at radius 3 is 2.85 bits per heavy atom. The number of nitrogens with one attached hydrogen (secondary N) is 1. The minimum Gasteiger partial charge on any atom is -0.477 e. The minimum atomic E-state index is -1.18. The fourth-order valence-corrected chi connectivity index (χ4v) is 2.27. The number of hydrogen-bond acceptors (Lipinski definition) is 4. The van der Waals surface area contributed by atoms with Gasteiger partial charge in [-0.25, -0.2) is 9.78 Å². The summed E-state index contributed by atoms with van der Waals surface area (Å²) in [6.07, 6.45) is 3.43. The second-order valence-corrected chi connectivity index (χ2v) is 5.00. The van der Waals surface area contributed by atoms with Crippen molar-refractivity contribution in [1.29, 1.82) is 0 Å². The number of ether oxygens (including phenoxy) is 1. The number of imidazole rings is 1. The Bertz CT molecular complexity index is 496. The second kappa shape index (κ2) is 6.04. The molecule has 0 radical (unpaired) electrons. The molecule has 0 bridgehead atoms. The first-order valence-electron chi connectivity index (χ1n) is 6.62. The second-order valence-electron chi connectivity index (χ2n) is 5.00. The summed E-state index contributed by atoms with van der Waals surface area (Å²) in [6, 6.07) is 0.0657. The largest absolute Gasteiger partial charge is 0.477 e. The molecule has 0 saturated heterocycles. The first kappa shape index (κ1) is 14.5. The molecule has 1 aromatic rings. The van der Waals surface area contributed by atoms with Crippen LogP contribution in [0.4, 0.5) is 0 Å². The van der Waals surface area contributed by atoms with Gasteiger partial charge in [-0.2, -0.15) is 0 Å². The van der Waals surface area contributed by atoms with E-state index in [9.17, 15) is 9.59 Å². The molecule has 0 aliphatic heterocycles. The van der Waals surface area contributed by atoms with E-state index in [2.05, 4.69) is 9.97 Å². The summed E-state index contributed by atoms with van der Waals surface area (Å²) in [5.74, 6) is -1.06. The topological polar surface area (TPSA) is 95.5 Å². The highest BCUT2D eigenvalue weighted by Crippen LogP contribution is 2.35. The molecule has 0 spiro atoms. The Morgan fingerprint density at radius 1 is 1.60 bits per heavy atom. The van der Waals surface area contributed by atoms with Crippen LogP contribution in [0.15, 0.2) is 6.33 Å². The average Bonchev–Trinajstić information content (AvgIpc) is 3.15. The van der Waals surface area contributed by atoms with Gasteiger partial charge in [0.1, 0.15) is 0 Å². The van der Waals surface area contributed by atoms with Crippen LogP contribution < -0.4 is 0 Å². The van der Waals surface area contributed by atoms with Gasteiger partial charge in [-0.1, -0.05) is 0 Å². The number of amides is 1. The van der Waals surface area contributed by atoms with Crippen LogP contribution in [-0.2, 0) is 4.74 Å². The molecule has 1 aliphatic rings. The summed E-state index contributed by atoms with van der Waals surface area (Å²) in [7, 11) is 1.57. The van der Waals surface area contributed by atoms with Crippen LogP contribution in [0.2, 0.25) is 0 Å². The van der Waals surface area contributed by atoms with E-state index in [0.717, 1.165) is 12.8 Å². The number of carbonyl (C=O) groups excluding carboxylic acids is 1. The highest BCUT2D eigenvalue weighted by Gasteiger charge is 2.36. The normalized spacial score (nSPS) is 15.9. The molecule has 1 aliphatic carbocycles. The van der Waals surface area contributed by atoms with Crippen molar-refractivity contribution in [2.45, 2.75) is 25.8 Å². The molecule has 1 unspecified atom stereocenters. The number of hydrogen-bond donors (Lipinski definition) is 2. The zero-order valence-corrected chi connectivity index (χ0v) is 11.6. The number of methoxy groups -OCH3 is 1. The molecule has 2 N–H and O–H groups in total. The third-order valence-corrected chi connectivity index (χ3v) is 3.65. The summed E-state index contributed by atoms with van der Waals surface area (Å²) in [4.78, 5) is 31.6. The molecule has 1 fully saturated rings. The van der Waals surface area contributed by atoms with E-state index >= 15 is 0 Å². The van der Waals surface area contributed by atoms with Crippen molar-refractivity contribution in [3.8, 4) is 0 Å². The quantitative estimate of drug-likeness (QED) is 0.777. The lowest BCUT2D eigenvalue weighted by Gasteiger charge is -2.28. The van der Waals surface area contributed by atoms with Crippen molar-refractivity contribution in [1.82, 2.24) is 14.9 Å². The molecule has 1 saturated carbocycles. The zero-order chi connectivity index (χ0) is 14.7. The van der Waals surface area contributed by atoms with E-state index in [-0.39, 0.29) is 23.3 Å². The van der Waals surface area contributed by atoms with Crippen LogP contribution in [0.25, 0.3) is 0 Å². The lowest BCUT2D eigenvalue weighted by molar-refractivity contribution is 0.0574. The van der Waals surface area contributed by atoms with Gasteiger partial charge in [0, 0.05) is 19.7 Å². The third-order valence-electron chi connectivity index (χ3n) is 3.65. The van der Waals surface area contributed by atoms with E-state index in [1.165, 1.54) is 6.33 Å². The van der Waals surface area contributed by atoms with Crippen LogP contribution in [0.3, 0.4) is 0 Å². The monoisotopic (exact) mass is 281 g/mol. The van der Waals surface area contributed by atoms with Gasteiger partial charge in [0.05, 0.1) is 12.9 Å². The Morgan fingerprint density at radius 2 is 2.30 bits per heavy atom. The molecule has 110 valence electrons. The third kappa shape index (κ3) is 2.98. The predicted molar refractivity (Wildman–Crippen MR) is 70.6 cm³/mol. The number of aromatic amines is 1. The summed E-state index contributed by atoms with van der Waals surface area (Å²) in [5, 5.41) is 9.05. The summed E-state index contributed by atoms with van der Waals surface area (Å²) in [6.45, 7) is 2.83. The maximum Gasteiger partial charge on any atom is 0.354 e. The van der Waals surface area contributed by atoms with Gasteiger partial charge in [0.25, 0.3) is 5.91 Å². The molecule has 2 rings (SSSR count). The van der Waals surface area contributed by atoms with Gasteiger partial charge >= 0.3 is 5.97 Å². The Labute approximate surface area is 116 Å². The van der Waals surface area contributed by atoms with Gasteiger partial charge in [0.2, 0.25) is 0 Å². The number of carbonyl (C=O) groups is 2. The molecule has 0 aromatic carbocycles. The molecular weight excluding hydrogens is 262 g/mol. The van der Waals surface area contributed by atoms with Crippen LogP contribution in [0, 0.1) is 5.92 Å². The maximum atomic E-state index is 12.5. The van der Waals surface area contributed by atoms with Gasteiger partial charge < -0.3 is 19.7 Å². The molecule has 20 heavy (non-hydrogen) atoms. The molecule has 1 amide bonds. The van der Waals surface area contributed by atoms with Gasteiger partial charge in [-0.3, -0.25) is 4.79 Å². The summed E-state index contributed by atoms with van der Waals surface area (Å²) in [5.41, 5.74) is -0.207. The van der Waals surface area contributed by atoms with Gasteiger partial charge in [-0.15, -0.1) is 0 Å². The zero-order valence-electron chi connectivity index (χ0n) is 11.6. The highest BCUT2D eigenvalue weighted by atomic mass is 16.5. The smallest absolute Gasteiger partial charge is 0.354 e. The van der Waals surface area contributed by atoms with E-state index in [1.807, 2.05) is 6.92 Å². The van der Waals surface area contributed by atoms with Crippen LogP contribution in [0.1, 0.15) is 40.7 Å². The Kier molecular flexibility index (Phi) is 4.39. The van der Waals surface area contributed by atoms with Crippen molar-refractivity contribution in [2.24, 2.45) is 5.92 Å². The van der Waals surface area contributed by atoms with Crippen LogP contribution in [0.5, 0.6) is 0 Å². The summed E-state index contributed by atoms with van der Waals surface area (Å²) >= 11 is 0. The van der Waals surface area contributed by atoms with E-state index in [4.69, 9.17) is 9.84 Å².